The van der Waals surface area contributed by atoms with Crippen LogP contribution in [0, 0.1) is 44.4 Å². The zero-order valence-corrected chi connectivity index (χ0v) is 51.8. The first-order valence-corrected chi connectivity index (χ1v) is 27.9. The van der Waals surface area contributed by atoms with Crippen LogP contribution < -0.4 is 0 Å². The molecule has 0 N–H and O–H groups in total. The molecule has 0 unspecified atom stereocenters. The molecule has 7 aromatic rings. The van der Waals surface area contributed by atoms with Gasteiger partial charge in [0.25, 0.3) is 5.92 Å². The molecular weight excluding hydrogens is 993 g/mol. The van der Waals surface area contributed by atoms with Crippen molar-refractivity contribution in [1.82, 2.24) is 29.3 Å². The zero-order chi connectivity index (χ0) is 59.1. The third-order valence-corrected chi connectivity index (χ3v) is 14.1. The Morgan fingerprint density at radius 3 is 1.12 bits per heavy atom. The van der Waals surface area contributed by atoms with Gasteiger partial charge < -0.3 is 0 Å². The summed E-state index contributed by atoms with van der Waals surface area (Å²) in [6, 6.07) is 33.7. The Kier molecular flexibility index (Phi) is 21.5. The number of aromatic nitrogens is 6. The van der Waals surface area contributed by atoms with E-state index in [1.54, 1.807) is 12.3 Å². The fraction of sp³-hybridized carbons (Fsp3) is 0.478. The second-order valence-corrected chi connectivity index (χ2v) is 26.7. The van der Waals surface area contributed by atoms with Gasteiger partial charge in [0.15, 0.2) is 7.05 Å². The molecule has 0 amide bonds. The van der Waals surface area contributed by atoms with Gasteiger partial charge in [-0.25, -0.2) is 8.78 Å². The molecule has 1 aliphatic heterocycles. The average Bonchev–Trinajstić information content (AvgIpc) is 4.16. The van der Waals surface area contributed by atoms with Crippen LogP contribution in [0.2, 0.25) is 0 Å². The van der Waals surface area contributed by atoms with Gasteiger partial charge in [0.05, 0.1) is 48.8 Å². The van der Waals surface area contributed by atoms with Crippen LogP contribution in [0.4, 0.5) is 8.78 Å². The number of rotatable bonds is 9. The van der Waals surface area contributed by atoms with E-state index >= 15 is 0 Å². The normalized spacial score (nSPS) is 12.9. The van der Waals surface area contributed by atoms with Gasteiger partial charge in [-0.2, -0.15) is 20.6 Å². The summed E-state index contributed by atoms with van der Waals surface area (Å²) in [6.45, 7) is 44.2. The Morgan fingerprint density at radius 2 is 0.812 bits per heavy atom. The Bertz CT molecular complexity index is 3160. The van der Waals surface area contributed by atoms with Crippen LogP contribution in [-0.4, -0.2) is 58.9 Å². The molecule has 9 nitrogen and oxygen atoms in total. The highest BCUT2D eigenvalue weighted by atomic mass is 19.3. The number of hydrogen-bond acceptors (Lipinski definition) is 5. The second kappa shape index (κ2) is 26.2. The topological polar surface area (TPSA) is 92.6 Å². The monoisotopic (exact) mass is 1090 g/mol. The Balaban J connectivity index is 0.000000229. The number of nitriles is 1. The summed E-state index contributed by atoms with van der Waals surface area (Å²) in [4.78, 5) is 0. The Hall–Kier alpha value is -6.80. The van der Waals surface area contributed by atoms with Crippen LogP contribution in [0.25, 0.3) is 33.8 Å². The molecule has 0 saturated heterocycles. The van der Waals surface area contributed by atoms with Crippen molar-refractivity contribution in [1.29, 1.82) is 5.26 Å². The van der Waals surface area contributed by atoms with Gasteiger partial charge in [-0.3, -0.25) is 14.0 Å². The Labute approximate surface area is 480 Å². The fourth-order valence-electron chi connectivity index (χ4n) is 10.4. The van der Waals surface area contributed by atoms with E-state index in [2.05, 4.69) is 231 Å². The quantitative estimate of drug-likeness (QED) is 0.135. The van der Waals surface area contributed by atoms with E-state index in [9.17, 15) is 8.78 Å². The van der Waals surface area contributed by atoms with Crippen LogP contribution in [0.15, 0.2) is 115 Å². The summed E-state index contributed by atoms with van der Waals surface area (Å²) in [6.07, 6.45) is 9.03. The summed E-state index contributed by atoms with van der Waals surface area (Å²) in [7, 11) is 2.02. The van der Waals surface area contributed by atoms with Gasteiger partial charge in [0.2, 0.25) is 5.71 Å². The molecule has 4 heterocycles. The minimum absolute atomic E-state index is 0. The lowest BCUT2D eigenvalue weighted by molar-refractivity contribution is -0.498. The van der Waals surface area contributed by atoms with E-state index in [-0.39, 0.29) is 34.5 Å². The first kappa shape index (κ1) is 65.7. The highest BCUT2D eigenvalue weighted by molar-refractivity contribution is 6.06. The molecule has 8 rings (SSSR count). The number of alkyl halides is 2. The first-order valence-electron chi connectivity index (χ1n) is 27.9. The predicted molar refractivity (Wildman–Crippen MR) is 334 cm³/mol. The van der Waals surface area contributed by atoms with Crippen molar-refractivity contribution in [2.45, 2.75) is 206 Å². The van der Waals surface area contributed by atoms with Crippen molar-refractivity contribution in [3.8, 4) is 39.8 Å². The average molecular weight is 1090 g/mol. The van der Waals surface area contributed by atoms with E-state index in [1.807, 2.05) is 47.0 Å². The molecule has 0 spiro atoms. The van der Waals surface area contributed by atoms with Crippen molar-refractivity contribution in [3.05, 3.63) is 160 Å². The van der Waals surface area contributed by atoms with Crippen molar-refractivity contribution in [2.24, 2.45) is 10.5 Å². The molecule has 0 bridgehead atoms. The van der Waals surface area contributed by atoms with Gasteiger partial charge in [-0.05, 0) is 129 Å². The molecule has 80 heavy (non-hydrogen) atoms. The van der Waals surface area contributed by atoms with Crippen molar-refractivity contribution in [2.75, 3.05) is 7.05 Å². The Morgan fingerprint density at radius 1 is 0.487 bits per heavy atom. The molecule has 1 aliphatic rings. The van der Waals surface area contributed by atoms with Crippen LogP contribution in [0.1, 0.15) is 181 Å². The molecule has 11 heteroatoms. The molecule has 0 radical (unpaired) electrons. The highest BCUT2D eigenvalue weighted by Crippen LogP contribution is 2.35. The number of aryl methyl sites for hydroxylation is 1. The SMILES string of the molecule is C.Cc1c(-c2ccn(CC(C)(C)C)n2)cccc1C(C)(C)C.Cc1c(-c2ccn(CC(C)(F)F)n2)cccc1C(C)(C)C.Cc1c(-c2ccn(CCC#N)n2)cccc1C(C)(C)C.Cc1c(C2=[N+](C)N=CC2)cccc1C(C)(C)C. The maximum absolute atomic E-state index is 13.1. The maximum Gasteiger partial charge on any atom is 0.264 e. The maximum atomic E-state index is 13.1. The van der Waals surface area contributed by atoms with E-state index in [0.29, 0.717) is 13.0 Å². The smallest absolute Gasteiger partial charge is 0.264 e. The lowest BCUT2D eigenvalue weighted by Gasteiger charge is -2.23. The lowest BCUT2D eigenvalue weighted by Crippen LogP contribution is -2.19. The number of nitrogens with zero attached hydrogens (tertiary/aromatic N) is 9. The van der Waals surface area contributed by atoms with Crippen molar-refractivity contribution < 1.29 is 13.5 Å². The van der Waals surface area contributed by atoms with Gasteiger partial charge in [0, 0.05) is 54.3 Å². The van der Waals surface area contributed by atoms with Gasteiger partial charge in [0.1, 0.15) is 6.54 Å². The molecule has 4 aromatic carbocycles. The molecular formula is C69H96F2N9+. The van der Waals surface area contributed by atoms with Crippen molar-refractivity contribution in [3.63, 3.8) is 0 Å². The largest absolute Gasteiger partial charge is 0.272 e. The summed E-state index contributed by atoms with van der Waals surface area (Å²) < 4.78 is 33.3. The van der Waals surface area contributed by atoms with Gasteiger partial charge in [-0.15, -0.1) is 0 Å². The zero-order valence-electron chi connectivity index (χ0n) is 51.8. The van der Waals surface area contributed by atoms with Gasteiger partial charge in [-0.1, -0.05) is 183 Å². The van der Waals surface area contributed by atoms with E-state index in [1.165, 1.54) is 66.0 Å². The lowest BCUT2D eigenvalue weighted by atomic mass is 9.82. The van der Waals surface area contributed by atoms with Crippen LogP contribution >= 0.6 is 0 Å². The standard InChI is InChI=1S/C19H28N2.C17H22F2N2.C17H21N3.C15H21N2.CH4/c1-14-15(9-8-10-16(14)19(5,6)7)17-11-12-21(20-17)13-18(2,3)4;1-12-13(7-6-8-14(12)16(2,3)4)15-9-10-21(20-15)11-17(5,18)19;1-13-14(7-5-8-15(13)17(2,3)4)16-9-12-20(19-16)11-6-10-18;1-11-12(14-9-10-16-17(14)5)7-6-8-13(11)15(2,3)4;/h8-12H,13H2,1-7H3;6-10H,11H2,1-5H3;5,7-9,12H,6,11H2,1-4H3;6-8,10H,9H2,1-5H3;1H4/q;;;+1;. The third kappa shape index (κ3) is 17.9. The molecule has 0 aliphatic carbocycles. The second-order valence-electron chi connectivity index (χ2n) is 26.7. The minimum Gasteiger partial charge on any atom is -0.272 e. The molecule has 3 aromatic heterocycles. The summed E-state index contributed by atoms with van der Waals surface area (Å²) in [5.41, 5.74) is 20.2. The van der Waals surface area contributed by atoms with E-state index in [0.717, 1.165) is 48.1 Å². The molecule has 0 saturated carbocycles. The van der Waals surface area contributed by atoms with E-state index < -0.39 is 12.5 Å². The number of hydrogen-bond donors (Lipinski definition) is 0. The highest BCUT2D eigenvalue weighted by Gasteiger charge is 2.27. The molecule has 0 fully saturated rings. The number of hydrazone groups is 1. The first-order chi connectivity index (χ1) is 36.5. The minimum atomic E-state index is -2.76. The van der Waals surface area contributed by atoms with Crippen molar-refractivity contribution >= 4 is 11.9 Å². The van der Waals surface area contributed by atoms with Crippen LogP contribution in [0.5, 0.6) is 0 Å². The summed E-state index contributed by atoms with van der Waals surface area (Å²) in [5.74, 6) is -2.76. The fourth-order valence-corrected chi connectivity index (χ4v) is 10.4. The molecule has 0 atom stereocenters. The molecule has 430 valence electrons. The van der Waals surface area contributed by atoms with Gasteiger partial charge >= 0.3 is 0 Å². The number of halogens is 2. The van der Waals surface area contributed by atoms with E-state index in [4.69, 9.17) is 10.4 Å². The summed E-state index contributed by atoms with van der Waals surface area (Å²) in [5, 5.41) is 26.5. The van der Waals surface area contributed by atoms with Crippen LogP contribution in [0.3, 0.4) is 0 Å². The summed E-state index contributed by atoms with van der Waals surface area (Å²) >= 11 is 0. The predicted octanol–water partition coefficient (Wildman–Crippen LogP) is 17.8. The van der Waals surface area contributed by atoms with Crippen LogP contribution in [-0.2, 0) is 41.3 Å². The number of benzene rings is 4. The third-order valence-electron chi connectivity index (χ3n) is 14.1.